The monoisotopic (exact) mass is 360 g/mol. The van der Waals surface area contributed by atoms with Crippen LogP contribution in [0.3, 0.4) is 0 Å². The minimum Gasteiger partial charge on any atom is -0.386 e. The van der Waals surface area contributed by atoms with Crippen molar-refractivity contribution in [1.29, 1.82) is 10.5 Å². The molecule has 1 heterocycles. The molecule has 0 spiro atoms. The highest BCUT2D eigenvalue weighted by Crippen LogP contribution is 2.81. The van der Waals surface area contributed by atoms with E-state index in [0.717, 1.165) is 10.0 Å². The number of ether oxygens (including phenoxy) is 2. The van der Waals surface area contributed by atoms with Crippen LogP contribution in [0.2, 0.25) is 0 Å². The lowest BCUT2D eigenvalue weighted by molar-refractivity contribution is -0.230. The van der Waals surface area contributed by atoms with Crippen molar-refractivity contribution in [2.75, 3.05) is 14.2 Å². The number of nitriles is 2. The lowest BCUT2D eigenvalue weighted by atomic mass is 9.93. The van der Waals surface area contributed by atoms with E-state index in [2.05, 4.69) is 33.1 Å². The molecule has 112 valence electrons. The number of nitrogens with zero attached hydrogens (tertiary/aromatic N) is 3. The highest BCUT2D eigenvalue weighted by atomic mass is 79.9. The van der Waals surface area contributed by atoms with Crippen LogP contribution >= 0.6 is 15.9 Å². The van der Waals surface area contributed by atoms with E-state index >= 15 is 0 Å². The van der Waals surface area contributed by atoms with Crippen LogP contribution in [0.15, 0.2) is 33.7 Å². The van der Waals surface area contributed by atoms with E-state index in [1.165, 1.54) is 14.2 Å². The van der Waals surface area contributed by atoms with Crippen molar-refractivity contribution >= 4 is 21.8 Å². The van der Waals surface area contributed by atoms with Gasteiger partial charge in [-0.15, -0.1) is 0 Å². The third-order valence-electron chi connectivity index (χ3n) is 4.68. The number of aliphatic imine (C=N–C) groups is 1. The van der Waals surface area contributed by atoms with Gasteiger partial charge in [-0.1, -0.05) is 28.1 Å². The fourth-order valence-corrected chi connectivity index (χ4v) is 3.94. The Labute approximate surface area is 136 Å². The standard InChI is InChI=1S/C15H13BrN4O2/c1-21-15(22-2)14(8-18)11(9-3-5-10(16)6-4-9)13(14,7-17)12(19)20-15/h3-6,11H,1-2H3,(H2,19,20)/t11-,13-,14-/m1/s1. The number of benzene rings is 1. The molecule has 1 aliphatic heterocycles. The topological polar surface area (TPSA) is 104 Å². The van der Waals surface area contributed by atoms with Crippen molar-refractivity contribution in [2.45, 2.75) is 11.8 Å². The molecule has 6 nitrogen and oxygen atoms in total. The Morgan fingerprint density at radius 1 is 1.18 bits per heavy atom. The highest BCUT2D eigenvalue weighted by Gasteiger charge is 2.93. The van der Waals surface area contributed by atoms with E-state index in [4.69, 9.17) is 15.2 Å². The summed E-state index contributed by atoms with van der Waals surface area (Å²) in [5.74, 6) is -1.95. The highest BCUT2D eigenvalue weighted by molar-refractivity contribution is 9.10. The van der Waals surface area contributed by atoms with Crippen LogP contribution in [0.4, 0.5) is 0 Å². The minimum atomic E-state index is -1.57. The molecule has 0 aromatic heterocycles. The van der Waals surface area contributed by atoms with Crippen LogP contribution in [0.25, 0.3) is 0 Å². The molecule has 3 atom stereocenters. The lowest BCUT2D eigenvalue weighted by Gasteiger charge is -2.29. The molecule has 0 radical (unpaired) electrons. The number of methoxy groups -OCH3 is 2. The Kier molecular flexibility index (Phi) is 3.09. The quantitative estimate of drug-likeness (QED) is 0.828. The Bertz CT molecular complexity index is 744. The van der Waals surface area contributed by atoms with E-state index in [-0.39, 0.29) is 5.84 Å². The molecule has 2 N–H and O–H groups in total. The third-order valence-corrected chi connectivity index (χ3v) is 5.21. The Balaban J connectivity index is 2.23. The number of nitrogens with two attached hydrogens (primary N) is 1. The zero-order valence-corrected chi connectivity index (χ0v) is 13.6. The first kappa shape index (κ1) is 15.0. The van der Waals surface area contributed by atoms with Gasteiger partial charge in [0.05, 0.1) is 12.1 Å². The predicted molar refractivity (Wildman–Crippen MR) is 81.3 cm³/mol. The van der Waals surface area contributed by atoms with Crippen molar-refractivity contribution in [3.05, 3.63) is 34.3 Å². The molecule has 1 aromatic rings. The second-order valence-electron chi connectivity index (χ2n) is 5.31. The maximum Gasteiger partial charge on any atom is 0.292 e. The van der Waals surface area contributed by atoms with Gasteiger partial charge in [-0.25, -0.2) is 4.99 Å². The predicted octanol–water partition coefficient (Wildman–Crippen LogP) is 1.88. The number of amidine groups is 1. The molecular formula is C15H13BrN4O2. The zero-order chi connectivity index (χ0) is 16.2. The molecule has 3 rings (SSSR count). The summed E-state index contributed by atoms with van der Waals surface area (Å²) in [5.41, 5.74) is 4.31. The second-order valence-corrected chi connectivity index (χ2v) is 6.23. The summed E-state index contributed by atoms with van der Waals surface area (Å²) in [6.45, 7) is 0. The maximum atomic E-state index is 9.87. The largest absolute Gasteiger partial charge is 0.386 e. The summed E-state index contributed by atoms with van der Waals surface area (Å²) in [7, 11) is 2.79. The molecule has 0 amide bonds. The van der Waals surface area contributed by atoms with Crippen molar-refractivity contribution in [3.63, 3.8) is 0 Å². The molecule has 1 aliphatic carbocycles. The van der Waals surface area contributed by atoms with Gasteiger partial charge >= 0.3 is 0 Å². The van der Waals surface area contributed by atoms with Gasteiger partial charge in [-0.3, -0.25) is 0 Å². The van der Waals surface area contributed by atoms with Gasteiger partial charge in [-0.05, 0) is 17.7 Å². The van der Waals surface area contributed by atoms with Crippen molar-refractivity contribution in [1.82, 2.24) is 0 Å². The van der Waals surface area contributed by atoms with Gasteiger partial charge in [0.25, 0.3) is 5.91 Å². The molecule has 1 fully saturated rings. The number of fused-ring (bicyclic) bond motifs is 1. The summed E-state index contributed by atoms with van der Waals surface area (Å²) < 4.78 is 11.7. The number of hydrogen-bond donors (Lipinski definition) is 1. The van der Waals surface area contributed by atoms with Gasteiger partial charge < -0.3 is 15.2 Å². The summed E-state index contributed by atoms with van der Waals surface area (Å²) in [4.78, 5) is 4.16. The maximum absolute atomic E-state index is 9.87. The van der Waals surface area contributed by atoms with E-state index < -0.39 is 22.7 Å². The summed E-state index contributed by atoms with van der Waals surface area (Å²) in [5, 5.41) is 19.6. The first-order valence-corrected chi connectivity index (χ1v) is 7.33. The average molecular weight is 361 g/mol. The van der Waals surface area contributed by atoms with Crippen LogP contribution in [0.1, 0.15) is 11.5 Å². The van der Waals surface area contributed by atoms with Crippen LogP contribution < -0.4 is 5.73 Å². The van der Waals surface area contributed by atoms with Crippen LogP contribution in [-0.4, -0.2) is 26.0 Å². The smallest absolute Gasteiger partial charge is 0.292 e. The lowest BCUT2D eigenvalue weighted by Crippen LogP contribution is -2.41. The van der Waals surface area contributed by atoms with E-state index in [9.17, 15) is 10.5 Å². The van der Waals surface area contributed by atoms with Crippen LogP contribution in [-0.2, 0) is 9.47 Å². The molecular weight excluding hydrogens is 348 g/mol. The molecule has 0 bridgehead atoms. The number of rotatable bonds is 3. The van der Waals surface area contributed by atoms with Crippen molar-refractivity contribution < 1.29 is 9.47 Å². The number of hydrogen-bond acceptors (Lipinski definition) is 6. The summed E-state index contributed by atoms with van der Waals surface area (Å²) >= 11 is 3.37. The zero-order valence-electron chi connectivity index (χ0n) is 12.0. The first-order chi connectivity index (χ1) is 10.5. The van der Waals surface area contributed by atoms with E-state index in [1.54, 1.807) is 0 Å². The first-order valence-electron chi connectivity index (χ1n) is 6.53. The molecule has 0 saturated heterocycles. The fraction of sp³-hybridized carbons (Fsp3) is 0.400. The summed E-state index contributed by atoms with van der Waals surface area (Å²) in [6, 6.07) is 11.8. The van der Waals surface area contributed by atoms with Crippen molar-refractivity contribution in [2.24, 2.45) is 21.6 Å². The van der Waals surface area contributed by atoms with Gasteiger partial charge in [0.1, 0.15) is 11.3 Å². The third kappa shape index (κ3) is 1.32. The van der Waals surface area contributed by atoms with Crippen LogP contribution in [0.5, 0.6) is 0 Å². The molecule has 1 saturated carbocycles. The SMILES string of the molecule is COC1(OC)N=C(N)[C@@]2(C#N)[C@@H](c3ccc(Br)cc3)[C@@]12C#N. The van der Waals surface area contributed by atoms with Gasteiger partial charge in [0.2, 0.25) is 0 Å². The molecule has 7 heteroatoms. The minimum absolute atomic E-state index is 0.0770. The van der Waals surface area contributed by atoms with Gasteiger partial charge in [0.15, 0.2) is 5.41 Å². The molecule has 1 aromatic carbocycles. The van der Waals surface area contributed by atoms with Crippen LogP contribution in [0, 0.1) is 33.5 Å². The fourth-order valence-electron chi connectivity index (χ4n) is 3.68. The van der Waals surface area contributed by atoms with E-state index in [1.807, 2.05) is 24.3 Å². The van der Waals surface area contributed by atoms with Gasteiger partial charge in [0, 0.05) is 24.6 Å². The second kappa shape index (κ2) is 4.53. The van der Waals surface area contributed by atoms with Gasteiger partial charge in [-0.2, -0.15) is 10.5 Å². The molecule has 0 unspecified atom stereocenters. The molecule has 22 heavy (non-hydrogen) atoms. The summed E-state index contributed by atoms with van der Waals surface area (Å²) in [6.07, 6.45) is 0. The Hall–Kier alpha value is -1.93. The Morgan fingerprint density at radius 2 is 1.77 bits per heavy atom. The average Bonchev–Trinajstić information content (AvgIpc) is 3.11. The number of halogens is 1. The van der Waals surface area contributed by atoms with E-state index in [0.29, 0.717) is 0 Å². The Morgan fingerprint density at radius 3 is 2.23 bits per heavy atom. The van der Waals surface area contributed by atoms with Crippen molar-refractivity contribution in [3.8, 4) is 12.1 Å². The molecule has 2 aliphatic rings. The normalized spacial score (nSPS) is 34.2.